The first kappa shape index (κ1) is 23.8. The van der Waals surface area contributed by atoms with Gasteiger partial charge in [0.15, 0.2) is 5.11 Å². The Morgan fingerprint density at radius 1 is 1.00 bits per heavy atom. The highest BCUT2D eigenvalue weighted by Crippen LogP contribution is 2.41. The molecule has 2 atom stereocenters. The van der Waals surface area contributed by atoms with E-state index in [2.05, 4.69) is 71.3 Å². The van der Waals surface area contributed by atoms with Crippen molar-refractivity contribution in [3.8, 4) is 5.69 Å². The molecule has 1 amide bonds. The number of aromatic nitrogens is 2. The molecule has 0 saturated carbocycles. The van der Waals surface area contributed by atoms with Crippen molar-refractivity contribution in [2.24, 2.45) is 0 Å². The van der Waals surface area contributed by atoms with E-state index in [9.17, 15) is 4.79 Å². The second-order valence-corrected chi connectivity index (χ2v) is 9.56. The average Bonchev–Trinajstić information content (AvgIpc) is 3.35. The summed E-state index contributed by atoms with van der Waals surface area (Å²) in [7, 11) is 0. The van der Waals surface area contributed by atoms with Gasteiger partial charge in [0.05, 0.1) is 17.8 Å². The molecule has 1 fully saturated rings. The highest BCUT2D eigenvalue weighted by atomic mass is 32.1. The van der Waals surface area contributed by atoms with Crippen LogP contribution in [-0.4, -0.2) is 32.0 Å². The van der Waals surface area contributed by atoms with E-state index in [-0.39, 0.29) is 24.5 Å². The van der Waals surface area contributed by atoms with Crippen LogP contribution in [0.15, 0.2) is 85.1 Å². The molecule has 3 heterocycles. The minimum absolute atomic E-state index is 0.121. The number of anilines is 1. The topological polar surface area (TPSA) is 62.2 Å². The lowest BCUT2D eigenvalue weighted by Crippen LogP contribution is -2.37. The third-order valence-electron chi connectivity index (χ3n) is 6.62. The van der Waals surface area contributed by atoms with Crippen LogP contribution in [0.25, 0.3) is 5.69 Å². The van der Waals surface area contributed by atoms with Gasteiger partial charge in [-0.15, -0.1) is 0 Å². The summed E-state index contributed by atoms with van der Waals surface area (Å²) in [6.07, 6.45) is 1.79. The smallest absolute Gasteiger partial charge is 0.244 e. The zero-order valence-electron chi connectivity index (χ0n) is 20.6. The maximum absolute atomic E-state index is 13.1. The molecule has 182 valence electrons. The number of rotatable bonds is 6. The Morgan fingerprint density at radius 2 is 1.78 bits per heavy atom. The molecule has 0 radical (unpaired) electrons. The van der Waals surface area contributed by atoms with Crippen LogP contribution in [0.3, 0.4) is 0 Å². The fourth-order valence-corrected chi connectivity index (χ4v) is 5.35. The molecule has 2 aromatic heterocycles. The molecular weight excluding hydrogens is 466 g/mol. The fourth-order valence-electron chi connectivity index (χ4n) is 5.04. The van der Waals surface area contributed by atoms with Crippen molar-refractivity contribution in [1.82, 2.24) is 19.8 Å². The maximum Gasteiger partial charge on any atom is 0.244 e. The van der Waals surface area contributed by atoms with Gasteiger partial charge < -0.3 is 20.1 Å². The van der Waals surface area contributed by atoms with Gasteiger partial charge in [0.1, 0.15) is 6.54 Å². The summed E-state index contributed by atoms with van der Waals surface area (Å²) >= 11 is 5.77. The lowest BCUT2D eigenvalue weighted by atomic mass is 9.96. The predicted octanol–water partition coefficient (Wildman–Crippen LogP) is 5.41. The second kappa shape index (κ2) is 9.95. The number of aryl methyl sites for hydroxylation is 2. The van der Waals surface area contributed by atoms with E-state index in [1.807, 2.05) is 53.4 Å². The van der Waals surface area contributed by atoms with Gasteiger partial charge in [-0.2, -0.15) is 0 Å². The zero-order chi connectivity index (χ0) is 25.2. The summed E-state index contributed by atoms with van der Waals surface area (Å²) < 4.78 is 2.27. The van der Waals surface area contributed by atoms with Gasteiger partial charge in [-0.3, -0.25) is 9.78 Å². The SMILES string of the molecule is Cc1cccc(-n2c(C)cc([C@H]3[C@@H](c4ccccn4)NC(=S)N3CC(=O)Nc3ccccc3)c2C)c1. The predicted molar refractivity (Wildman–Crippen MR) is 147 cm³/mol. The standard InChI is InChI=1S/C29H29N5OS/c1-19-10-9-13-23(16-19)34-20(2)17-24(21(34)3)28-27(25-14-7-8-15-30-25)32-29(36)33(28)18-26(35)31-22-11-5-4-6-12-22/h4-17,27-28H,18H2,1-3H3,(H,31,35)(H,32,36)/t27-,28+/m1/s1. The van der Waals surface area contributed by atoms with Crippen molar-refractivity contribution in [3.05, 3.63) is 113 Å². The Bertz CT molecular complexity index is 1400. The Morgan fingerprint density at radius 3 is 2.50 bits per heavy atom. The monoisotopic (exact) mass is 495 g/mol. The first-order chi connectivity index (χ1) is 17.4. The molecule has 1 aliphatic heterocycles. The van der Waals surface area contributed by atoms with E-state index >= 15 is 0 Å². The highest BCUT2D eigenvalue weighted by molar-refractivity contribution is 7.80. The summed E-state index contributed by atoms with van der Waals surface area (Å²) in [5, 5.41) is 6.98. The molecule has 2 N–H and O–H groups in total. The van der Waals surface area contributed by atoms with E-state index in [0.29, 0.717) is 5.11 Å². The number of carbonyl (C=O) groups is 1. The number of amides is 1. The summed E-state index contributed by atoms with van der Waals surface area (Å²) in [5.74, 6) is -0.121. The van der Waals surface area contributed by atoms with Crippen LogP contribution in [0, 0.1) is 20.8 Å². The molecule has 0 bridgehead atoms. The van der Waals surface area contributed by atoms with Crippen LogP contribution >= 0.6 is 12.2 Å². The van der Waals surface area contributed by atoms with Crippen LogP contribution in [0.2, 0.25) is 0 Å². The quantitative estimate of drug-likeness (QED) is 0.350. The fraction of sp³-hybridized carbons (Fsp3) is 0.207. The third kappa shape index (κ3) is 4.62. The maximum atomic E-state index is 13.1. The van der Waals surface area contributed by atoms with Crippen LogP contribution in [0.1, 0.15) is 40.3 Å². The number of nitrogens with one attached hydrogen (secondary N) is 2. The van der Waals surface area contributed by atoms with E-state index in [1.54, 1.807) is 6.20 Å². The summed E-state index contributed by atoms with van der Waals surface area (Å²) in [6.45, 7) is 6.47. The van der Waals surface area contributed by atoms with Gasteiger partial charge in [0, 0.05) is 29.0 Å². The van der Waals surface area contributed by atoms with E-state index < -0.39 is 0 Å². The molecular formula is C29H29N5OS. The van der Waals surface area contributed by atoms with Gasteiger partial charge in [0.25, 0.3) is 0 Å². The van der Waals surface area contributed by atoms with Gasteiger partial charge in [-0.05, 0) is 86.6 Å². The highest BCUT2D eigenvalue weighted by Gasteiger charge is 2.42. The minimum Gasteiger partial charge on any atom is -0.352 e. The van der Waals surface area contributed by atoms with Crippen LogP contribution < -0.4 is 10.6 Å². The lowest BCUT2D eigenvalue weighted by Gasteiger charge is -2.27. The Kier molecular flexibility index (Phi) is 6.57. The molecule has 0 aliphatic carbocycles. The van der Waals surface area contributed by atoms with Crippen LogP contribution in [0.5, 0.6) is 0 Å². The number of nitrogens with zero attached hydrogens (tertiary/aromatic N) is 3. The van der Waals surface area contributed by atoms with Crippen molar-refractivity contribution >= 4 is 28.9 Å². The molecule has 1 saturated heterocycles. The average molecular weight is 496 g/mol. The first-order valence-electron chi connectivity index (χ1n) is 12.0. The molecule has 4 aromatic rings. The number of benzene rings is 2. The molecule has 0 unspecified atom stereocenters. The number of hydrogen-bond acceptors (Lipinski definition) is 3. The van der Waals surface area contributed by atoms with E-state index in [4.69, 9.17) is 12.2 Å². The van der Waals surface area contributed by atoms with E-state index in [1.165, 1.54) is 5.56 Å². The summed E-state index contributed by atoms with van der Waals surface area (Å²) in [5.41, 5.74) is 7.32. The van der Waals surface area contributed by atoms with Gasteiger partial charge >= 0.3 is 0 Å². The van der Waals surface area contributed by atoms with Crippen molar-refractivity contribution in [3.63, 3.8) is 0 Å². The van der Waals surface area contributed by atoms with Crippen molar-refractivity contribution in [2.75, 3.05) is 11.9 Å². The molecule has 2 aromatic carbocycles. The van der Waals surface area contributed by atoms with E-state index in [0.717, 1.165) is 34.0 Å². The summed E-state index contributed by atoms with van der Waals surface area (Å²) in [6, 6.07) is 25.7. The van der Waals surface area contributed by atoms with Crippen molar-refractivity contribution in [2.45, 2.75) is 32.9 Å². The normalized spacial score (nSPS) is 17.2. The minimum atomic E-state index is -0.196. The number of thiocarbonyl (C=S) groups is 1. The molecule has 36 heavy (non-hydrogen) atoms. The first-order valence-corrected chi connectivity index (χ1v) is 12.4. The van der Waals surface area contributed by atoms with Crippen molar-refractivity contribution < 1.29 is 4.79 Å². The van der Waals surface area contributed by atoms with Crippen LogP contribution in [0.4, 0.5) is 5.69 Å². The second-order valence-electron chi connectivity index (χ2n) is 9.17. The Hall–Kier alpha value is -3.97. The Balaban J connectivity index is 1.54. The third-order valence-corrected chi connectivity index (χ3v) is 6.97. The number of para-hydroxylation sites is 1. The molecule has 1 aliphatic rings. The zero-order valence-corrected chi connectivity index (χ0v) is 21.4. The number of pyridine rings is 1. The number of carbonyl (C=O) groups excluding carboxylic acids is 1. The largest absolute Gasteiger partial charge is 0.352 e. The summed E-state index contributed by atoms with van der Waals surface area (Å²) in [4.78, 5) is 19.7. The van der Waals surface area contributed by atoms with Gasteiger partial charge in [0.2, 0.25) is 5.91 Å². The lowest BCUT2D eigenvalue weighted by molar-refractivity contribution is -0.116. The molecule has 7 heteroatoms. The Labute approximate surface area is 217 Å². The van der Waals surface area contributed by atoms with Gasteiger partial charge in [-0.25, -0.2) is 0 Å². The van der Waals surface area contributed by atoms with Gasteiger partial charge in [-0.1, -0.05) is 36.4 Å². The van der Waals surface area contributed by atoms with Crippen molar-refractivity contribution in [1.29, 1.82) is 0 Å². The van der Waals surface area contributed by atoms with Crippen LogP contribution in [-0.2, 0) is 4.79 Å². The molecule has 0 spiro atoms. The number of hydrogen-bond donors (Lipinski definition) is 2. The molecule has 6 nitrogen and oxygen atoms in total. The molecule has 5 rings (SSSR count).